The number of hydrogen-bond donors (Lipinski definition) is 2. The zero-order valence-electron chi connectivity index (χ0n) is 12.3. The average Bonchev–Trinajstić information content (AvgIpc) is 3.00. The highest BCUT2D eigenvalue weighted by molar-refractivity contribution is 7.89. The van der Waals surface area contributed by atoms with Crippen molar-refractivity contribution in [2.45, 2.75) is 36.7 Å². The summed E-state index contributed by atoms with van der Waals surface area (Å²) in [4.78, 5) is 0.374. The van der Waals surface area contributed by atoms with E-state index in [1.807, 2.05) is 7.05 Å². The van der Waals surface area contributed by atoms with E-state index in [0.29, 0.717) is 36.6 Å². The van der Waals surface area contributed by atoms with Gasteiger partial charge in [0.15, 0.2) is 0 Å². The van der Waals surface area contributed by atoms with Gasteiger partial charge in [-0.25, -0.2) is 13.1 Å². The Morgan fingerprint density at radius 2 is 2.19 bits per heavy atom. The Bertz CT molecular complexity index is 587. The largest absolute Gasteiger partial charge is 0.381 e. The van der Waals surface area contributed by atoms with Crippen LogP contribution in [-0.2, 0) is 21.3 Å². The fourth-order valence-corrected chi connectivity index (χ4v) is 3.88. The highest BCUT2D eigenvalue weighted by atomic mass is 32.2. The first-order valence-electron chi connectivity index (χ1n) is 7.53. The van der Waals surface area contributed by atoms with Crippen molar-refractivity contribution in [3.63, 3.8) is 0 Å². The molecule has 1 unspecified atom stereocenters. The molecule has 0 spiro atoms. The Balaban J connectivity index is 1.73. The SMILES string of the molecule is CNCc1cc(S(=O)(=O)NCC2CCOC2)cn1C1CC1. The van der Waals surface area contributed by atoms with Crippen LogP contribution in [0, 0.1) is 5.92 Å². The molecule has 1 aromatic rings. The van der Waals surface area contributed by atoms with E-state index in [1.54, 1.807) is 12.3 Å². The second kappa shape index (κ2) is 6.08. The van der Waals surface area contributed by atoms with Crippen LogP contribution in [0.1, 0.15) is 31.0 Å². The quantitative estimate of drug-likeness (QED) is 0.783. The minimum Gasteiger partial charge on any atom is -0.381 e. The van der Waals surface area contributed by atoms with E-state index in [0.717, 1.165) is 31.6 Å². The molecule has 1 saturated carbocycles. The predicted octanol–water partition coefficient (Wildman–Crippen LogP) is 0.857. The average molecular weight is 313 g/mol. The van der Waals surface area contributed by atoms with Gasteiger partial charge in [0, 0.05) is 37.6 Å². The van der Waals surface area contributed by atoms with E-state index < -0.39 is 10.0 Å². The van der Waals surface area contributed by atoms with Crippen molar-refractivity contribution in [1.29, 1.82) is 0 Å². The van der Waals surface area contributed by atoms with Crippen molar-refractivity contribution >= 4 is 10.0 Å². The molecule has 1 aliphatic carbocycles. The fourth-order valence-electron chi connectivity index (χ4n) is 2.71. The summed E-state index contributed by atoms with van der Waals surface area (Å²) < 4.78 is 34.9. The normalized spacial score (nSPS) is 22.8. The Kier molecular flexibility index (Phi) is 4.35. The van der Waals surface area contributed by atoms with Crippen LogP contribution < -0.4 is 10.0 Å². The summed E-state index contributed by atoms with van der Waals surface area (Å²) in [7, 11) is -1.56. The molecule has 7 heteroatoms. The van der Waals surface area contributed by atoms with Crippen molar-refractivity contribution in [3.05, 3.63) is 18.0 Å². The molecule has 6 nitrogen and oxygen atoms in total. The Labute approximate surface area is 125 Å². The van der Waals surface area contributed by atoms with Crippen LogP contribution in [0.3, 0.4) is 0 Å². The number of ether oxygens (including phenoxy) is 1. The smallest absolute Gasteiger partial charge is 0.242 e. The molecule has 118 valence electrons. The van der Waals surface area contributed by atoms with Crippen molar-refractivity contribution < 1.29 is 13.2 Å². The third kappa shape index (κ3) is 3.48. The molecule has 3 rings (SSSR count). The van der Waals surface area contributed by atoms with Crippen molar-refractivity contribution in [1.82, 2.24) is 14.6 Å². The van der Waals surface area contributed by atoms with Crippen molar-refractivity contribution in [2.75, 3.05) is 26.8 Å². The number of nitrogens with zero attached hydrogens (tertiary/aromatic N) is 1. The molecule has 2 aliphatic rings. The van der Waals surface area contributed by atoms with Crippen LogP contribution in [-0.4, -0.2) is 39.8 Å². The minimum absolute atomic E-state index is 0.294. The third-order valence-corrected chi connectivity index (χ3v) is 5.49. The van der Waals surface area contributed by atoms with Gasteiger partial charge in [0.25, 0.3) is 0 Å². The van der Waals surface area contributed by atoms with Crippen molar-refractivity contribution in [3.8, 4) is 0 Å². The summed E-state index contributed by atoms with van der Waals surface area (Å²) in [6.45, 7) is 2.52. The first kappa shape index (κ1) is 15.0. The Hall–Kier alpha value is -0.890. The number of hydrogen-bond acceptors (Lipinski definition) is 4. The summed E-state index contributed by atoms with van der Waals surface area (Å²) in [6.07, 6.45) is 4.98. The molecule has 2 heterocycles. The standard InChI is InChI=1S/C14H23N3O3S/c1-15-8-13-6-14(9-17(13)12-2-3-12)21(18,19)16-7-11-4-5-20-10-11/h6,9,11-12,15-16H,2-5,7-8,10H2,1H3. The highest BCUT2D eigenvalue weighted by Gasteiger charge is 2.28. The lowest BCUT2D eigenvalue weighted by molar-refractivity contribution is 0.186. The summed E-state index contributed by atoms with van der Waals surface area (Å²) in [5.74, 6) is 0.294. The number of aromatic nitrogens is 1. The molecule has 0 amide bonds. The monoisotopic (exact) mass is 313 g/mol. The lowest BCUT2D eigenvalue weighted by Gasteiger charge is -2.09. The van der Waals surface area contributed by atoms with Gasteiger partial charge in [0.2, 0.25) is 10.0 Å². The number of rotatable bonds is 7. The molecule has 1 atom stereocenters. The Morgan fingerprint density at radius 3 is 2.81 bits per heavy atom. The highest BCUT2D eigenvalue weighted by Crippen LogP contribution is 2.37. The van der Waals surface area contributed by atoms with E-state index in [9.17, 15) is 8.42 Å². The summed E-state index contributed by atoms with van der Waals surface area (Å²) >= 11 is 0. The molecule has 21 heavy (non-hydrogen) atoms. The van der Waals surface area contributed by atoms with Gasteiger partial charge in [-0.15, -0.1) is 0 Å². The second-order valence-electron chi connectivity index (χ2n) is 5.92. The van der Waals surface area contributed by atoms with Gasteiger partial charge < -0.3 is 14.6 Å². The number of nitrogens with one attached hydrogen (secondary N) is 2. The lowest BCUT2D eigenvalue weighted by Crippen LogP contribution is -2.29. The number of sulfonamides is 1. The van der Waals surface area contributed by atoms with Gasteiger partial charge in [-0.1, -0.05) is 0 Å². The lowest BCUT2D eigenvalue weighted by atomic mass is 10.1. The fraction of sp³-hybridized carbons (Fsp3) is 0.714. The van der Waals surface area contributed by atoms with Gasteiger partial charge in [-0.05, 0) is 38.3 Å². The molecule has 2 fully saturated rings. The van der Waals surface area contributed by atoms with E-state index in [1.165, 1.54) is 0 Å². The van der Waals surface area contributed by atoms with Crippen molar-refractivity contribution in [2.24, 2.45) is 5.92 Å². The third-order valence-electron chi connectivity index (χ3n) is 4.10. The minimum atomic E-state index is -3.43. The zero-order chi connectivity index (χ0) is 14.9. The molecule has 0 radical (unpaired) electrons. The van der Waals surface area contributed by atoms with Crippen LogP contribution in [0.15, 0.2) is 17.2 Å². The topological polar surface area (TPSA) is 72.4 Å². The van der Waals surface area contributed by atoms with Crippen LogP contribution in [0.4, 0.5) is 0 Å². The summed E-state index contributed by atoms with van der Waals surface area (Å²) in [6, 6.07) is 2.25. The van der Waals surface area contributed by atoms with Gasteiger partial charge in [0.05, 0.1) is 11.5 Å². The van der Waals surface area contributed by atoms with Crippen LogP contribution >= 0.6 is 0 Å². The molecule has 1 saturated heterocycles. The second-order valence-corrected chi connectivity index (χ2v) is 7.68. The van der Waals surface area contributed by atoms with Crippen LogP contribution in [0.25, 0.3) is 0 Å². The van der Waals surface area contributed by atoms with Gasteiger partial charge in [0.1, 0.15) is 0 Å². The van der Waals surface area contributed by atoms with Gasteiger partial charge in [-0.3, -0.25) is 0 Å². The zero-order valence-corrected chi connectivity index (χ0v) is 13.2. The molecule has 0 bridgehead atoms. The van der Waals surface area contributed by atoms with E-state index in [-0.39, 0.29) is 0 Å². The molecule has 0 aromatic carbocycles. The maximum atomic E-state index is 12.4. The Morgan fingerprint density at radius 1 is 1.38 bits per heavy atom. The van der Waals surface area contributed by atoms with E-state index in [2.05, 4.69) is 14.6 Å². The first-order chi connectivity index (χ1) is 10.1. The van der Waals surface area contributed by atoms with E-state index in [4.69, 9.17) is 4.74 Å². The predicted molar refractivity (Wildman–Crippen MR) is 79.6 cm³/mol. The summed E-state index contributed by atoms with van der Waals surface area (Å²) in [5, 5.41) is 3.10. The summed E-state index contributed by atoms with van der Waals surface area (Å²) in [5.41, 5.74) is 1.03. The molecule has 1 aromatic heterocycles. The first-order valence-corrected chi connectivity index (χ1v) is 9.01. The van der Waals surface area contributed by atoms with Gasteiger partial charge >= 0.3 is 0 Å². The van der Waals surface area contributed by atoms with Crippen LogP contribution in [0.5, 0.6) is 0 Å². The maximum absolute atomic E-state index is 12.4. The molecule has 2 N–H and O–H groups in total. The van der Waals surface area contributed by atoms with E-state index >= 15 is 0 Å². The molecular weight excluding hydrogens is 290 g/mol. The van der Waals surface area contributed by atoms with Crippen LogP contribution in [0.2, 0.25) is 0 Å². The molecular formula is C14H23N3O3S. The molecule has 1 aliphatic heterocycles. The van der Waals surface area contributed by atoms with Gasteiger partial charge in [-0.2, -0.15) is 0 Å². The maximum Gasteiger partial charge on any atom is 0.242 e.